The first-order valence-corrected chi connectivity index (χ1v) is 10.6. The Bertz CT molecular complexity index is 1120. The van der Waals surface area contributed by atoms with Crippen LogP contribution < -0.4 is 9.47 Å². The van der Waals surface area contributed by atoms with Crippen molar-refractivity contribution in [3.05, 3.63) is 93.5 Å². The molecule has 6 nitrogen and oxygen atoms in total. The molecule has 0 aliphatic carbocycles. The van der Waals surface area contributed by atoms with Crippen molar-refractivity contribution in [1.29, 1.82) is 0 Å². The maximum Gasteiger partial charge on any atom is 0.413 e. The van der Waals surface area contributed by atoms with Gasteiger partial charge in [-0.05, 0) is 47.5 Å². The molecule has 3 aromatic rings. The molecule has 1 aliphatic rings. The van der Waals surface area contributed by atoms with E-state index >= 15 is 0 Å². The normalized spacial score (nSPS) is 20.2. The van der Waals surface area contributed by atoms with E-state index in [-0.39, 0.29) is 6.54 Å². The molecule has 4 rings (SSSR count). The van der Waals surface area contributed by atoms with Gasteiger partial charge in [-0.25, -0.2) is 4.79 Å². The van der Waals surface area contributed by atoms with E-state index in [1.807, 2.05) is 0 Å². The number of carbonyl (C=O) groups is 1. The summed E-state index contributed by atoms with van der Waals surface area (Å²) in [6, 6.07) is 18.9. The van der Waals surface area contributed by atoms with Gasteiger partial charge in [0.2, 0.25) is 5.72 Å². The predicted molar refractivity (Wildman–Crippen MR) is 121 cm³/mol. The molecule has 3 aromatic carbocycles. The third kappa shape index (κ3) is 3.97. The van der Waals surface area contributed by atoms with Crippen LogP contribution in [0, 0.1) is 0 Å². The fraction of sp³-hybridized carbons (Fsp3) is 0.208. The fourth-order valence-electron chi connectivity index (χ4n) is 3.76. The monoisotopic (exact) mass is 473 g/mol. The number of hydrogen-bond acceptors (Lipinski definition) is 5. The van der Waals surface area contributed by atoms with Crippen molar-refractivity contribution in [1.82, 2.24) is 4.90 Å². The lowest BCUT2D eigenvalue weighted by Crippen LogP contribution is -2.45. The summed E-state index contributed by atoms with van der Waals surface area (Å²) in [5, 5.41) is 12.8. The molecular formula is C24H21Cl2NO5. The van der Waals surface area contributed by atoms with E-state index in [9.17, 15) is 9.90 Å². The van der Waals surface area contributed by atoms with Gasteiger partial charge in [0.1, 0.15) is 11.5 Å². The number of amides is 1. The number of ether oxygens (including phenoxy) is 3. The average Bonchev–Trinajstić information content (AvgIpc) is 3.07. The second-order valence-electron chi connectivity index (χ2n) is 7.33. The molecule has 1 fully saturated rings. The van der Waals surface area contributed by atoms with Gasteiger partial charge in [0.15, 0.2) is 6.10 Å². The molecular weight excluding hydrogens is 453 g/mol. The van der Waals surface area contributed by atoms with Gasteiger partial charge < -0.3 is 19.3 Å². The maximum absolute atomic E-state index is 13.0. The van der Waals surface area contributed by atoms with Gasteiger partial charge in [0, 0.05) is 5.56 Å². The number of methoxy groups -OCH3 is 2. The maximum atomic E-state index is 13.0. The smallest absolute Gasteiger partial charge is 0.413 e. The van der Waals surface area contributed by atoms with E-state index in [1.54, 1.807) is 80.9 Å². The number of benzene rings is 3. The summed E-state index contributed by atoms with van der Waals surface area (Å²) in [6.07, 6.45) is -1.63. The first-order chi connectivity index (χ1) is 15.4. The van der Waals surface area contributed by atoms with Crippen LogP contribution in [-0.4, -0.2) is 30.3 Å². The highest BCUT2D eigenvalue weighted by Gasteiger charge is 2.56. The molecule has 0 radical (unpaired) electrons. The molecule has 0 bridgehead atoms. The number of halogens is 2. The summed E-state index contributed by atoms with van der Waals surface area (Å²) in [4.78, 5) is 14.3. The predicted octanol–water partition coefficient (Wildman–Crippen LogP) is 5.55. The van der Waals surface area contributed by atoms with Gasteiger partial charge >= 0.3 is 6.09 Å². The largest absolute Gasteiger partial charge is 0.497 e. The lowest BCUT2D eigenvalue weighted by atomic mass is 9.91. The molecule has 1 amide bonds. The number of nitrogens with zero attached hydrogens (tertiary/aromatic N) is 1. The van der Waals surface area contributed by atoms with Crippen molar-refractivity contribution in [2.45, 2.75) is 18.4 Å². The Morgan fingerprint density at radius 3 is 2.09 bits per heavy atom. The van der Waals surface area contributed by atoms with Crippen LogP contribution in [0.4, 0.5) is 4.79 Å². The van der Waals surface area contributed by atoms with Crippen molar-refractivity contribution >= 4 is 29.3 Å². The molecule has 0 aromatic heterocycles. The molecule has 1 saturated heterocycles. The Labute approximate surface area is 195 Å². The minimum atomic E-state index is -1.79. The van der Waals surface area contributed by atoms with Crippen LogP contribution in [-0.2, 0) is 17.0 Å². The number of carbonyl (C=O) groups excluding carboxylic acids is 1. The zero-order chi connectivity index (χ0) is 22.9. The zero-order valence-electron chi connectivity index (χ0n) is 17.4. The van der Waals surface area contributed by atoms with Crippen molar-refractivity contribution in [2.75, 3.05) is 14.2 Å². The number of rotatable bonds is 6. The van der Waals surface area contributed by atoms with E-state index in [1.165, 1.54) is 4.90 Å². The summed E-state index contributed by atoms with van der Waals surface area (Å²) in [6.45, 7) is 0.0604. The minimum Gasteiger partial charge on any atom is -0.497 e. The average molecular weight is 474 g/mol. The van der Waals surface area contributed by atoms with Gasteiger partial charge in [-0.1, -0.05) is 53.5 Å². The second kappa shape index (κ2) is 8.90. The van der Waals surface area contributed by atoms with Crippen LogP contribution in [0.25, 0.3) is 0 Å². The summed E-state index contributed by atoms with van der Waals surface area (Å²) in [7, 11) is 3.12. The van der Waals surface area contributed by atoms with Gasteiger partial charge in [0.25, 0.3) is 0 Å². The van der Waals surface area contributed by atoms with Gasteiger partial charge in [-0.3, -0.25) is 4.90 Å². The van der Waals surface area contributed by atoms with Crippen LogP contribution in [0.2, 0.25) is 10.0 Å². The van der Waals surface area contributed by atoms with Crippen molar-refractivity contribution in [2.24, 2.45) is 0 Å². The summed E-state index contributed by atoms with van der Waals surface area (Å²) < 4.78 is 16.1. The Morgan fingerprint density at radius 1 is 0.938 bits per heavy atom. The van der Waals surface area contributed by atoms with Crippen molar-refractivity contribution < 1.29 is 24.1 Å². The molecule has 0 spiro atoms. The summed E-state index contributed by atoms with van der Waals surface area (Å²) in [5.74, 6) is 1.28. The van der Waals surface area contributed by atoms with Crippen LogP contribution in [0.3, 0.4) is 0 Å². The molecule has 0 saturated carbocycles. The van der Waals surface area contributed by atoms with E-state index in [0.29, 0.717) is 38.2 Å². The highest BCUT2D eigenvalue weighted by atomic mass is 35.5. The highest BCUT2D eigenvalue weighted by Crippen LogP contribution is 2.47. The van der Waals surface area contributed by atoms with Crippen LogP contribution in [0.5, 0.6) is 11.5 Å². The molecule has 2 atom stereocenters. The molecule has 2 unspecified atom stereocenters. The van der Waals surface area contributed by atoms with Gasteiger partial charge in [-0.2, -0.15) is 0 Å². The number of aliphatic hydroxyl groups is 1. The first-order valence-electron chi connectivity index (χ1n) is 9.80. The Balaban J connectivity index is 1.79. The van der Waals surface area contributed by atoms with Crippen molar-refractivity contribution in [3.8, 4) is 11.5 Å². The van der Waals surface area contributed by atoms with Crippen LogP contribution in [0.15, 0.2) is 66.7 Å². The third-order valence-electron chi connectivity index (χ3n) is 5.47. The molecule has 1 N–H and O–H groups in total. The summed E-state index contributed by atoms with van der Waals surface area (Å²) >= 11 is 12.2. The SMILES string of the molecule is COc1ccc(C2OC(=O)N(Cc3ccc(Cl)c(Cl)c3)C2(O)c2ccc(OC)cc2)cc1. The van der Waals surface area contributed by atoms with E-state index in [2.05, 4.69) is 0 Å². The quantitative estimate of drug-likeness (QED) is 0.508. The molecule has 166 valence electrons. The van der Waals surface area contributed by atoms with E-state index in [4.69, 9.17) is 37.4 Å². The number of hydrogen-bond donors (Lipinski definition) is 1. The topological polar surface area (TPSA) is 68.2 Å². The van der Waals surface area contributed by atoms with Crippen LogP contribution in [0.1, 0.15) is 22.8 Å². The lowest BCUT2D eigenvalue weighted by molar-refractivity contribution is -0.113. The van der Waals surface area contributed by atoms with Gasteiger partial charge in [-0.15, -0.1) is 0 Å². The van der Waals surface area contributed by atoms with E-state index in [0.717, 1.165) is 0 Å². The van der Waals surface area contributed by atoms with Crippen LogP contribution >= 0.6 is 23.2 Å². The molecule has 1 heterocycles. The Hall–Kier alpha value is -2.93. The highest BCUT2D eigenvalue weighted by molar-refractivity contribution is 6.42. The third-order valence-corrected chi connectivity index (χ3v) is 6.21. The van der Waals surface area contributed by atoms with E-state index < -0.39 is 17.9 Å². The summed E-state index contributed by atoms with van der Waals surface area (Å²) in [5.41, 5.74) is 0.00199. The fourth-order valence-corrected chi connectivity index (χ4v) is 4.08. The molecule has 8 heteroatoms. The number of cyclic esters (lactones) is 1. The Kier molecular flexibility index (Phi) is 6.20. The molecule has 1 aliphatic heterocycles. The zero-order valence-corrected chi connectivity index (χ0v) is 18.9. The molecule has 32 heavy (non-hydrogen) atoms. The Morgan fingerprint density at radius 2 is 1.53 bits per heavy atom. The lowest BCUT2D eigenvalue weighted by Gasteiger charge is -2.35. The van der Waals surface area contributed by atoms with Gasteiger partial charge in [0.05, 0.1) is 30.8 Å². The van der Waals surface area contributed by atoms with Crippen molar-refractivity contribution in [3.63, 3.8) is 0 Å². The minimum absolute atomic E-state index is 0.0604. The first kappa shape index (κ1) is 22.3. The standard InChI is InChI=1S/C24H21Cl2NO5/c1-30-18-8-4-16(5-9-18)22-24(29,17-6-10-19(31-2)11-7-17)27(23(28)32-22)14-15-3-12-20(25)21(26)13-15/h3-13,22,29H,14H2,1-2H3. The second-order valence-corrected chi connectivity index (χ2v) is 8.14.